The van der Waals surface area contributed by atoms with E-state index in [1.165, 1.54) is 16.3 Å². The van der Waals surface area contributed by atoms with Gasteiger partial charge in [0.1, 0.15) is 16.4 Å². The number of nitrogens with one attached hydrogen (secondary N) is 2. The van der Waals surface area contributed by atoms with Crippen molar-refractivity contribution >= 4 is 58.5 Å². The van der Waals surface area contributed by atoms with Gasteiger partial charge in [0, 0.05) is 30.1 Å². The fourth-order valence-electron chi connectivity index (χ4n) is 4.44. The fourth-order valence-corrected chi connectivity index (χ4v) is 6.02. The maximum atomic E-state index is 13.6. The molecule has 4 amide bonds. The summed E-state index contributed by atoms with van der Waals surface area (Å²) in [6.45, 7) is 0.218. The highest BCUT2D eigenvalue weighted by molar-refractivity contribution is 8.01. The number of aromatic nitrogens is 1. The zero-order valence-electron chi connectivity index (χ0n) is 20.8. The molecule has 0 aliphatic carbocycles. The monoisotopic (exact) mass is 573 g/mol. The second-order valence-electron chi connectivity index (χ2n) is 9.00. The van der Waals surface area contributed by atoms with Gasteiger partial charge in [-0.15, -0.1) is 11.3 Å². The number of thioether (sulfide) groups is 1. The van der Waals surface area contributed by atoms with Crippen LogP contribution in [0.5, 0.6) is 0 Å². The van der Waals surface area contributed by atoms with Gasteiger partial charge < -0.3 is 15.7 Å². The Morgan fingerprint density at radius 2 is 1.92 bits per heavy atom. The van der Waals surface area contributed by atoms with Crippen molar-refractivity contribution in [2.45, 2.75) is 54.6 Å². The predicted molar refractivity (Wildman–Crippen MR) is 141 cm³/mol. The molecule has 2 fully saturated rings. The number of aliphatic carboxylic acids is 1. The first-order chi connectivity index (χ1) is 18.7. The maximum absolute atomic E-state index is 13.6. The molecule has 0 bridgehead atoms. The highest BCUT2D eigenvalue weighted by Crippen LogP contribution is 2.26. The number of carbonyl (C=O) groups is 6. The van der Waals surface area contributed by atoms with Crippen LogP contribution in [0.1, 0.15) is 42.5 Å². The van der Waals surface area contributed by atoms with Crippen molar-refractivity contribution < 1.29 is 33.9 Å². The second kappa shape index (κ2) is 12.8. The Morgan fingerprint density at radius 3 is 2.62 bits per heavy atom. The van der Waals surface area contributed by atoms with E-state index in [1.807, 2.05) is 0 Å². The third-order valence-electron chi connectivity index (χ3n) is 6.34. The van der Waals surface area contributed by atoms with Crippen LogP contribution in [0.3, 0.4) is 0 Å². The van der Waals surface area contributed by atoms with Crippen molar-refractivity contribution in [3.63, 3.8) is 0 Å². The van der Waals surface area contributed by atoms with Crippen LogP contribution < -0.4 is 10.6 Å². The number of hydrogen-bond donors (Lipinski definition) is 3. The van der Waals surface area contributed by atoms with Crippen LogP contribution in [0.2, 0.25) is 0 Å². The van der Waals surface area contributed by atoms with E-state index in [0.29, 0.717) is 16.3 Å². The number of thiazole rings is 1. The van der Waals surface area contributed by atoms with E-state index < -0.39 is 54.0 Å². The van der Waals surface area contributed by atoms with Crippen LogP contribution in [0.15, 0.2) is 46.2 Å². The van der Waals surface area contributed by atoms with Crippen molar-refractivity contribution in [2.24, 2.45) is 0 Å². The standard InChI is InChI=1S/C25H27N5O7S2/c31-19(14-39-25-26-10-12-38-25)17(13-21(33)34)28-23(36)18-7-4-11-29-20(32)9-8-16(24(37)30(18)29)27-22(35)15-5-2-1-3-6-15/h1-3,5-6,10,12,16-18H,4,7-9,11,13-14H2,(H,27,35)(H,28,36)(H,33,34). The number of carboxylic acids is 1. The molecule has 0 saturated carbocycles. The Hall–Kier alpha value is -3.78. The molecule has 206 valence electrons. The SMILES string of the molecule is O=C(O)CC(NC(=O)C1CCCN2C(=O)CCC(NC(=O)c3ccccc3)C(=O)N12)C(=O)CSc1nccs1. The summed E-state index contributed by atoms with van der Waals surface area (Å²) in [4.78, 5) is 81.0. The smallest absolute Gasteiger partial charge is 0.305 e. The average Bonchev–Trinajstić information content (AvgIpc) is 3.42. The lowest BCUT2D eigenvalue weighted by Gasteiger charge is -2.43. The Morgan fingerprint density at radius 1 is 1.15 bits per heavy atom. The number of carboxylic acid groups (broad SMARTS) is 1. The molecule has 0 spiro atoms. The zero-order valence-corrected chi connectivity index (χ0v) is 22.4. The van der Waals surface area contributed by atoms with Gasteiger partial charge in [0.25, 0.3) is 11.8 Å². The van der Waals surface area contributed by atoms with Gasteiger partial charge in [-0.05, 0) is 31.4 Å². The van der Waals surface area contributed by atoms with Crippen LogP contribution in [0.4, 0.5) is 0 Å². The first kappa shape index (κ1) is 28.2. The van der Waals surface area contributed by atoms with Gasteiger partial charge in [-0.3, -0.25) is 33.8 Å². The van der Waals surface area contributed by atoms with Crippen molar-refractivity contribution in [2.75, 3.05) is 12.3 Å². The molecular formula is C25H27N5O7S2. The molecule has 3 unspecified atom stereocenters. The minimum Gasteiger partial charge on any atom is -0.481 e. The summed E-state index contributed by atoms with van der Waals surface area (Å²) in [5.74, 6) is -4.10. The number of benzene rings is 1. The molecule has 2 aliphatic rings. The first-order valence-corrected chi connectivity index (χ1v) is 14.2. The van der Waals surface area contributed by atoms with Gasteiger partial charge >= 0.3 is 5.97 Å². The normalized spacial score (nSPS) is 20.0. The molecule has 14 heteroatoms. The molecule has 3 atom stereocenters. The lowest BCUT2D eigenvalue weighted by atomic mass is 10.0. The summed E-state index contributed by atoms with van der Waals surface area (Å²) in [6.07, 6.45) is 1.62. The molecule has 12 nitrogen and oxygen atoms in total. The molecule has 2 aliphatic heterocycles. The summed E-state index contributed by atoms with van der Waals surface area (Å²) in [7, 11) is 0. The number of Topliss-reactive ketones (excluding diaryl/α,β-unsaturated/α-hetero) is 1. The Bertz CT molecular complexity index is 1240. The molecule has 0 radical (unpaired) electrons. The van der Waals surface area contributed by atoms with E-state index in [-0.39, 0.29) is 37.5 Å². The van der Waals surface area contributed by atoms with Crippen molar-refractivity contribution in [1.29, 1.82) is 0 Å². The summed E-state index contributed by atoms with van der Waals surface area (Å²) in [5.41, 5.74) is 0.344. The van der Waals surface area contributed by atoms with Crippen LogP contribution >= 0.6 is 23.1 Å². The van der Waals surface area contributed by atoms with Gasteiger partial charge in [0.05, 0.1) is 18.2 Å². The summed E-state index contributed by atoms with van der Waals surface area (Å²) in [5, 5.41) is 18.5. The molecule has 4 rings (SSSR count). The van der Waals surface area contributed by atoms with E-state index in [0.717, 1.165) is 16.8 Å². The number of ketones is 1. The summed E-state index contributed by atoms with van der Waals surface area (Å²) in [6, 6.07) is 4.78. The highest BCUT2D eigenvalue weighted by atomic mass is 32.2. The van der Waals surface area contributed by atoms with Crippen molar-refractivity contribution in [3.8, 4) is 0 Å². The number of amides is 4. The fraction of sp³-hybridized carbons (Fsp3) is 0.400. The highest BCUT2D eigenvalue weighted by Gasteiger charge is 2.45. The number of fused-ring (bicyclic) bond motifs is 1. The van der Waals surface area contributed by atoms with E-state index in [9.17, 15) is 33.9 Å². The van der Waals surface area contributed by atoms with Gasteiger partial charge in [-0.1, -0.05) is 30.0 Å². The van der Waals surface area contributed by atoms with Crippen LogP contribution in [0, 0.1) is 0 Å². The molecule has 1 aromatic heterocycles. The number of nitrogens with zero attached hydrogens (tertiary/aromatic N) is 3. The molecule has 3 heterocycles. The minimum atomic E-state index is -1.33. The van der Waals surface area contributed by atoms with Gasteiger partial charge in [0.15, 0.2) is 5.78 Å². The van der Waals surface area contributed by atoms with Gasteiger partial charge in [-0.25, -0.2) is 9.99 Å². The number of rotatable bonds is 10. The molecule has 2 saturated heterocycles. The van der Waals surface area contributed by atoms with Crippen LogP contribution in [0.25, 0.3) is 0 Å². The van der Waals surface area contributed by atoms with E-state index in [4.69, 9.17) is 0 Å². The van der Waals surface area contributed by atoms with Crippen LogP contribution in [-0.2, 0) is 24.0 Å². The van der Waals surface area contributed by atoms with E-state index >= 15 is 0 Å². The Kier molecular flexibility index (Phi) is 9.30. The largest absolute Gasteiger partial charge is 0.481 e. The van der Waals surface area contributed by atoms with Gasteiger partial charge in [0.2, 0.25) is 11.8 Å². The average molecular weight is 574 g/mol. The van der Waals surface area contributed by atoms with Crippen LogP contribution in [-0.4, -0.2) is 85.9 Å². The van der Waals surface area contributed by atoms with E-state index in [1.54, 1.807) is 41.9 Å². The number of hydrogen-bond acceptors (Lipinski definition) is 9. The Balaban J connectivity index is 1.50. The minimum absolute atomic E-state index is 0.00950. The Labute approximate surface area is 232 Å². The quantitative estimate of drug-likeness (QED) is 0.353. The molecule has 39 heavy (non-hydrogen) atoms. The van der Waals surface area contributed by atoms with Crippen molar-refractivity contribution in [3.05, 3.63) is 47.5 Å². The zero-order chi connectivity index (χ0) is 27.9. The van der Waals surface area contributed by atoms with E-state index in [2.05, 4.69) is 15.6 Å². The molecule has 1 aromatic carbocycles. The molecule has 3 N–H and O–H groups in total. The second-order valence-corrected chi connectivity index (χ2v) is 11.1. The lowest BCUT2D eigenvalue weighted by Crippen LogP contribution is -2.64. The van der Waals surface area contributed by atoms with Crippen molar-refractivity contribution in [1.82, 2.24) is 25.6 Å². The summed E-state index contributed by atoms with van der Waals surface area (Å²) >= 11 is 2.46. The molecular weight excluding hydrogens is 546 g/mol. The maximum Gasteiger partial charge on any atom is 0.305 e. The topological polar surface area (TPSA) is 166 Å². The third kappa shape index (κ3) is 7.00. The third-order valence-corrected chi connectivity index (χ3v) is 8.33. The summed E-state index contributed by atoms with van der Waals surface area (Å²) < 4.78 is 0.629. The predicted octanol–water partition coefficient (Wildman–Crippen LogP) is 1.09. The number of carbonyl (C=O) groups excluding carboxylic acids is 5. The molecule has 2 aromatic rings. The first-order valence-electron chi connectivity index (χ1n) is 12.3. The lowest BCUT2D eigenvalue weighted by molar-refractivity contribution is -0.176. The number of hydrazine groups is 1. The van der Waals surface area contributed by atoms with Gasteiger partial charge in [-0.2, -0.15) is 0 Å².